The summed E-state index contributed by atoms with van der Waals surface area (Å²) in [5.74, 6) is -0.687. The highest BCUT2D eigenvalue weighted by Crippen LogP contribution is 2.21. The van der Waals surface area contributed by atoms with E-state index in [1.165, 1.54) is 24.3 Å². The number of rotatable bonds is 3. The van der Waals surface area contributed by atoms with Gasteiger partial charge < -0.3 is 4.74 Å². The van der Waals surface area contributed by atoms with Crippen LogP contribution < -0.4 is 0 Å². The molecule has 0 heterocycles. The van der Waals surface area contributed by atoms with Gasteiger partial charge in [-0.25, -0.2) is 4.79 Å². The molecule has 3 nitrogen and oxygen atoms in total. The van der Waals surface area contributed by atoms with Crippen LogP contribution in [0.1, 0.15) is 10.4 Å². The molecular formula is C11H7Cl2NO2. The van der Waals surface area contributed by atoms with Gasteiger partial charge in [-0.05, 0) is 24.3 Å². The van der Waals surface area contributed by atoms with Gasteiger partial charge >= 0.3 is 5.97 Å². The lowest BCUT2D eigenvalue weighted by molar-refractivity contribution is 0.0473. The van der Waals surface area contributed by atoms with Crippen molar-refractivity contribution in [1.82, 2.24) is 0 Å². The Bertz CT molecular complexity index is 466. The van der Waals surface area contributed by atoms with Gasteiger partial charge in [-0.15, -0.1) is 0 Å². The Kier molecular flexibility index (Phi) is 4.36. The second-order valence-corrected chi connectivity index (χ2v) is 3.66. The molecule has 0 radical (unpaired) electrons. The standard InChI is InChI=1S/C11H7Cl2NO2/c1-2-8(6-14)16-11(15)9-4-3-7(12)5-10(9)13/h2-5,8H,1H2. The molecule has 1 unspecified atom stereocenters. The number of benzene rings is 1. The van der Waals surface area contributed by atoms with E-state index in [0.717, 1.165) is 0 Å². The Labute approximate surface area is 103 Å². The minimum absolute atomic E-state index is 0.160. The van der Waals surface area contributed by atoms with E-state index in [0.29, 0.717) is 5.02 Å². The Balaban J connectivity index is 2.89. The number of nitrogens with zero attached hydrogens (tertiary/aromatic N) is 1. The van der Waals surface area contributed by atoms with Gasteiger partial charge in [0, 0.05) is 5.02 Å². The molecule has 0 saturated carbocycles. The highest BCUT2D eigenvalue weighted by atomic mass is 35.5. The summed E-state index contributed by atoms with van der Waals surface area (Å²) in [4.78, 5) is 11.6. The fourth-order valence-corrected chi connectivity index (χ4v) is 1.45. The molecule has 1 aromatic rings. The summed E-state index contributed by atoms with van der Waals surface area (Å²) < 4.78 is 4.81. The van der Waals surface area contributed by atoms with E-state index in [9.17, 15) is 4.79 Å². The van der Waals surface area contributed by atoms with E-state index in [2.05, 4.69) is 6.58 Å². The van der Waals surface area contributed by atoms with Crippen LogP contribution in [0.4, 0.5) is 0 Å². The first-order valence-electron chi connectivity index (χ1n) is 4.26. The minimum atomic E-state index is -0.987. The van der Waals surface area contributed by atoms with E-state index in [1.54, 1.807) is 6.07 Å². The first kappa shape index (κ1) is 12.6. The maximum atomic E-state index is 11.6. The largest absolute Gasteiger partial charge is 0.439 e. The van der Waals surface area contributed by atoms with Crippen molar-refractivity contribution in [3.05, 3.63) is 46.5 Å². The molecule has 1 aromatic carbocycles. The molecule has 1 rings (SSSR count). The number of halogens is 2. The average molecular weight is 256 g/mol. The first-order valence-corrected chi connectivity index (χ1v) is 5.02. The lowest BCUT2D eigenvalue weighted by Gasteiger charge is -2.07. The van der Waals surface area contributed by atoms with E-state index in [-0.39, 0.29) is 10.6 Å². The van der Waals surface area contributed by atoms with Crippen molar-refractivity contribution in [3.63, 3.8) is 0 Å². The van der Waals surface area contributed by atoms with Gasteiger partial charge in [0.25, 0.3) is 0 Å². The summed E-state index contributed by atoms with van der Waals surface area (Å²) >= 11 is 11.5. The van der Waals surface area contributed by atoms with E-state index >= 15 is 0 Å². The maximum Gasteiger partial charge on any atom is 0.341 e. The predicted molar refractivity (Wildman–Crippen MR) is 61.5 cm³/mol. The molecule has 0 amide bonds. The zero-order valence-corrected chi connectivity index (χ0v) is 9.63. The molecule has 1 atom stereocenters. The van der Waals surface area contributed by atoms with Gasteiger partial charge in [-0.3, -0.25) is 0 Å². The first-order chi connectivity index (χ1) is 7.58. The molecule has 0 saturated heterocycles. The highest BCUT2D eigenvalue weighted by Gasteiger charge is 2.15. The van der Waals surface area contributed by atoms with Crippen molar-refractivity contribution in [2.24, 2.45) is 0 Å². The lowest BCUT2D eigenvalue weighted by atomic mass is 10.2. The van der Waals surface area contributed by atoms with Crippen molar-refractivity contribution in [1.29, 1.82) is 5.26 Å². The quantitative estimate of drug-likeness (QED) is 0.616. The zero-order chi connectivity index (χ0) is 12.1. The summed E-state index contributed by atoms with van der Waals surface area (Å²) in [7, 11) is 0. The number of nitriles is 1. The Morgan fingerprint density at radius 2 is 2.25 bits per heavy atom. The van der Waals surface area contributed by atoms with Crippen LogP contribution in [0.5, 0.6) is 0 Å². The number of hydrogen-bond donors (Lipinski definition) is 0. The smallest absolute Gasteiger partial charge is 0.341 e. The summed E-state index contributed by atoms with van der Waals surface area (Å²) in [6, 6.07) is 6.13. The normalized spacial score (nSPS) is 11.3. The summed E-state index contributed by atoms with van der Waals surface area (Å²) in [5.41, 5.74) is 0.160. The molecule has 0 aliphatic carbocycles. The number of ether oxygens (including phenoxy) is 1. The van der Waals surface area contributed by atoms with Crippen LogP contribution in [0.15, 0.2) is 30.9 Å². The zero-order valence-electron chi connectivity index (χ0n) is 8.11. The fourth-order valence-electron chi connectivity index (χ4n) is 0.961. The summed E-state index contributed by atoms with van der Waals surface area (Å²) in [6.45, 7) is 3.36. The van der Waals surface area contributed by atoms with E-state index < -0.39 is 12.1 Å². The summed E-state index contributed by atoms with van der Waals surface area (Å²) in [6.07, 6.45) is 0.237. The third-order valence-corrected chi connectivity index (χ3v) is 2.27. The maximum absolute atomic E-state index is 11.6. The van der Waals surface area contributed by atoms with Crippen LogP contribution in [0, 0.1) is 11.3 Å². The molecule has 16 heavy (non-hydrogen) atoms. The molecule has 0 fully saturated rings. The van der Waals surface area contributed by atoms with Gasteiger partial charge in [0.05, 0.1) is 10.6 Å². The average Bonchev–Trinajstić information content (AvgIpc) is 2.25. The van der Waals surface area contributed by atoms with Crippen LogP contribution in [-0.4, -0.2) is 12.1 Å². The molecular weight excluding hydrogens is 249 g/mol. The van der Waals surface area contributed by atoms with Crippen molar-refractivity contribution in [2.45, 2.75) is 6.10 Å². The number of hydrogen-bond acceptors (Lipinski definition) is 3. The molecule has 0 N–H and O–H groups in total. The molecule has 0 aliphatic rings. The van der Waals surface area contributed by atoms with Crippen molar-refractivity contribution < 1.29 is 9.53 Å². The van der Waals surface area contributed by atoms with E-state index in [1.807, 2.05) is 0 Å². The topological polar surface area (TPSA) is 50.1 Å². The molecule has 0 spiro atoms. The predicted octanol–water partition coefficient (Wildman–Crippen LogP) is 3.23. The van der Waals surface area contributed by atoms with Crippen LogP contribution in [0.25, 0.3) is 0 Å². The van der Waals surface area contributed by atoms with Crippen molar-refractivity contribution in [2.75, 3.05) is 0 Å². The third-order valence-electron chi connectivity index (χ3n) is 1.73. The lowest BCUT2D eigenvalue weighted by Crippen LogP contribution is -2.14. The Morgan fingerprint density at radius 1 is 1.56 bits per heavy atom. The van der Waals surface area contributed by atoms with Crippen molar-refractivity contribution >= 4 is 29.2 Å². The number of carbonyl (C=O) groups excluding carboxylic acids is 1. The SMILES string of the molecule is C=CC(C#N)OC(=O)c1ccc(Cl)cc1Cl. The minimum Gasteiger partial charge on any atom is -0.439 e. The third kappa shape index (κ3) is 2.99. The van der Waals surface area contributed by atoms with Gasteiger partial charge in [-0.1, -0.05) is 29.8 Å². The molecule has 0 bridgehead atoms. The van der Waals surface area contributed by atoms with E-state index in [4.69, 9.17) is 33.2 Å². The second kappa shape index (κ2) is 5.55. The van der Waals surface area contributed by atoms with Gasteiger partial charge in [0.1, 0.15) is 6.07 Å². The van der Waals surface area contributed by atoms with Crippen LogP contribution in [0.3, 0.4) is 0 Å². The highest BCUT2D eigenvalue weighted by molar-refractivity contribution is 6.36. The number of carbonyl (C=O) groups is 1. The van der Waals surface area contributed by atoms with Gasteiger partial charge in [0.15, 0.2) is 0 Å². The van der Waals surface area contributed by atoms with Gasteiger partial charge in [0.2, 0.25) is 6.10 Å². The van der Waals surface area contributed by atoms with Crippen LogP contribution in [0.2, 0.25) is 10.0 Å². The Morgan fingerprint density at radius 3 is 2.75 bits per heavy atom. The second-order valence-electron chi connectivity index (χ2n) is 2.81. The molecule has 82 valence electrons. The van der Waals surface area contributed by atoms with Crippen LogP contribution in [-0.2, 0) is 4.74 Å². The fraction of sp³-hybridized carbons (Fsp3) is 0.0909. The van der Waals surface area contributed by atoms with Crippen LogP contribution >= 0.6 is 23.2 Å². The van der Waals surface area contributed by atoms with Gasteiger partial charge in [-0.2, -0.15) is 5.26 Å². The van der Waals surface area contributed by atoms with Crippen molar-refractivity contribution in [3.8, 4) is 6.07 Å². The Hall–Kier alpha value is -1.50. The number of esters is 1. The monoisotopic (exact) mass is 255 g/mol. The molecule has 5 heteroatoms. The molecule has 0 aliphatic heterocycles. The molecule has 0 aromatic heterocycles. The summed E-state index contributed by atoms with van der Waals surface area (Å²) in [5, 5.41) is 9.18.